The van der Waals surface area contributed by atoms with Crippen LogP contribution in [0.4, 0.5) is 0 Å². The first-order valence-corrected chi connectivity index (χ1v) is 13.3. The Morgan fingerprint density at radius 2 is 1.66 bits per heavy atom. The second kappa shape index (κ2) is 9.79. The molecular weight excluding hydrogens is 468 g/mol. The molecule has 0 spiro atoms. The topological polar surface area (TPSA) is 113 Å². The van der Waals surface area contributed by atoms with Gasteiger partial charge in [-0.15, -0.1) is 0 Å². The smallest absolute Gasteiger partial charge is 0.328 e. The molecule has 3 aromatic rings. The number of piperazine rings is 1. The number of sulfonamides is 1. The zero-order chi connectivity index (χ0) is 25.3. The number of carbonyl (C=O) groups is 1. The highest BCUT2D eigenvalue weighted by Gasteiger charge is 2.30. The fourth-order valence-corrected chi connectivity index (χ4v) is 5.76. The Hall–Kier alpha value is -3.24. The summed E-state index contributed by atoms with van der Waals surface area (Å²) in [7, 11) is -3.65. The third-order valence-electron chi connectivity index (χ3n) is 6.77. The third kappa shape index (κ3) is 4.68. The molecular formula is C25H30N4O5S. The number of carbonyl (C=O) groups excluding carboxylic acids is 1. The van der Waals surface area contributed by atoms with Crippen LogP contribution >= 0.6 is 0 Å². The number of benzene rings is 2. The van der Waals surface area contributed by atoms with Crippen LogP contribution in [0.1, 0.15) is 49.0 Å². The Morgan fingerprint density at radius 3 is 2.26 bits per heavy atom. The molecule has 4 rings (SSSR count). The number of amides is 1. The Bertz CT molecular complexity index is 1470. The van der Waals surface area contributed by atoms with Gasteiger partial charge in [0, 0.05) is 38.3 Å². The van der Waals surface area contributed by atoms with Crippen molar-refractivity contribution in [2.45, 2.75) is 44.6 Å². The van der Waals surface area contributed by atoms with Crippen LogP contribution in [0.5, 0.6) is 0 Å². The molecule has 0 saturated carbocycles. The van der Waals surface area contributed by atoms with E-state index >= 15 is 0 Å². The molecule has 0 radical (unpaired) electrons. The summed E-state index contributed by atoms with van der Waals surface area (Å²) in [4.78, 5) is 42.2. The van der Waals surface area contributed by atoms with Gasteiger partial charge in [0.1, 0.15) is 0 Å². The van der Waals surface area contributed by atoms with E-state index in [1.165, 1.54) is 16.4 Å². The summed E-state index contributed by atoms with van der Waals surface area (Å²) in [6.45, 7) is 7.02. The van der Waals surface area contributed by atoms with Crippen molar-refractivity contribution < 1.29 is 13.2 Å². The van der Waals surface area contributed by atoms with E-state index in [1.807, 2.05) is 12.1 Å². The molecule has 1 unspecified atom stereocenters. The van der Waals surface area contributed by atoms with Gasteiger partial charge in [-0.25, -0.2) is 13.2 Å². The van der Waals surface area contributed by atoms with E-state index in [4.69, 9.17) is 0 Å². The van der Waals surface area contributed by atoms with E-state index < -0.39 is 21.3 Å². The second-order valence-corrected chi connectivity index (χ2v) is 10.8. The Morgan fingerprint density at radius 1 is 1.00 bits per heavy atom. The van der Waals surface area contributed by atoms with Gasteiger partial charge in [0.05, 0.1) is 15.8 Å². The van der Waals surface area contributed by atoms with Crippen LogP contribution in [-0.2, 0) is 16.6 Å². The Balaban J connectivity index is 1.48. The lowest BCUT2D eigenvalue weighted by Gasteiger charge is -2.34. The molecule has 2 aromatic carbocycles. The van der Waals surface area contributed by atoms with Crippen molar-refractivity contribution in [2.24, 2.45) is 0 Å². The summed E-state index contributed by atoms with van der Waals surface area (Å²) in [6.07, 6.45) is 0.978. The summed E-state index contributed by atoms with van der Waals surface area (Å²) in [5.74, 6) is 0.0873. The van der Waals surface area contributed by atoms with Crippen molar-refractivity contribution in [1.29, 1.82) is 0 Å². The number of hydrogen-bond acceptors (Lipinski definition) is 5. The molecule has 0 bridgehead atoms. The molecule has 2 heterocycles. The molecule has 0 aliphatic carbocycles. The molecule has 10 heteroatoms. The highest BCUT2D eigenvalue weighted by molar-refractivity contribution is 7.89. The van der Waals surface area contributed by atoms with Crippen molar-refractivity contribution in [3.8, 4) is 0 Å². The summed E-state index contributed by atoms with van der Waals surface area (Å²) in [5, 5.41) is 0.332. The van der Waals surface area contributed by atoms with Gasteiger partial charge in [-0.2, -0.15) is 4.31 Å². The van der Waals surface area contributed by atoms with Crippen molar-refractivity contribution in [1.82, 2.24) is 18.8 Å². The first-order chi connectivity index (χ1) is 16.7. The van der Waals surface area contributed by atoms with Gasteiger partial charge in [0.25, 0.3) is 11.5 Å². The van der Waals surface area contributed by atoms with Crippen molar-refractivity contribution in [3.63, 3.8) is 0 Å². The van der Waals surface area contributed by atoms with Gasteiger partial charge in [-0.3, -0.25) is 14.2 Å². The Kier molecular flexibility index (Phi) is 6.95. The third-order valence-corrected chi connectivity index (χ3v) is 8.68. The van der Waals surface area contributed by atoms with Crippen LogP contribution in [0.3, 0.4) is 0 Å². The monoisotopic (exact) mass is 498 g/mol. The van der Waals surface area contributed by atoms with E-state index in [2.05, 4.69) is 18.8 Å². The lowest BCUT2D eigenvalue weighted by Crippen LogP contribution is -2.50. The van der Waals surface area contributed by atoms with Gasteiger partial charge in [-0.05, 0) is 55.2 Å². The minimum Gasteiger partial charge on any atom is -0.336 e. The summed E-state index contributed by atoms with van der Waals surface area (Å²) >= 11 is 0. The molecule has 1 aliphatic heterocycles. The summed E-state index contributed by atoms with van der Waals surface area (Å²) in [5.41, 5.74) is 0.815. The first kappa shape index (κ1) is 24.9. The van der Waals surface area contributed by atoms with Crippen LogP contribution in [0, 0.1) is 0 Å². The van der Waals surface area contributed by atoms with Gasteiger partial charge >= 0.3 is 5.69 Å². The minimum absolute atomic E-state index is 0.187. The summed E-state index contributed by atoms with van der Waals surface area (Å²) < 4.78 is 28.7. The number of nitrogens with zero attached hydrogens (tertiary/aromatic N) is 3. The van der Waals surface area contributed by atoms with E-state index in [0.717, 1.165) is 16.6 Å². The average Bonchev–Trinajstić information content (AvgIpc) is 2.87. The number of rotatable bonds is 6. The second-order valence-electron chi connectivity index (χ2n) is 8.81. The number of aromatic nitrogens is 2. The molecule has 1 saturated heterocycles. The van der Waals surface area contributed by atoms with Crippen LogP contribution in [0.15, 0.2) is 56.9 Å². The van der Waals surface area contributed by atoms with Crippen LogP contribution < -0.4 is 11.2 Å². The minimum atomic E-state index is -3.65. The van der Waals surface area contributed by atoms with Crippen molar-refractivity contribution in [3.05, 3.63) is 74.4 Å². The molecule has 9 nitrogen and oxygen atoms in total. The highest BCUT2D eigenvalue weighted by atomic mass is 32.2. The van der Waals surface area contributed by atoms with Gasteiger partial charge in [0.15, 0.2) is 0 Å². The lowest BCUT2D eigenvalue weighted by molar-refractivity contribution is 0.0698. The number of fused-ring (bicyclic) bond motifs is 1. The number of H-pyrrole nitrogens is 1. The maximum absolute atomic E-state index is 13.1. The van der Waals surface area contributed by atoms with Gasteiger partial charge < -0.3 is 9.88 Å². The number of hydrogen-bond donors (Lipinski definition) is 1. The van der Waals surface area contributed by atoms with Crippen LogP contribution in [0.2, 0.25) is 0 Å². The molecule has 35 heavy (non-hydrogen) atoms. The van der Waals surface area contributed by atoms with Crippen LogP contribution in [-0.4, -0.2) is 59.3 Å². The molecule has 1 aliphatic rings. The van der Waals surface area contributed by atoms with E-state index in [-0.39, 0.29) is 43.5 Å². The van der Waals surface area contributed by atoms with Gasteiger partial charge in [0.2, 0.25) is 10.0 Å². The molecule has 1 atom stereocenters. The van der Waals surface area contributed by atoms with Crippen LogP contribution in [0.25, 0.3) is 10.9 Å². The Labute approximate surface area is 204 Å². The maximum atomic E-state index is 13.1. The SMILES string of the molecule is CCC(C)c1ccc(S(=O)(=O)N2CCN(C(=O)c3ccc4c(=O)n(CC)c(=O)[nH]c4c3)CC2)cc1. The van der Waals surface area contributed by atoms with Gasteiger partial charge in [-0.1, -0.05) is 26.0 Å². The first-order valence-electron chi connectivity index (χ1n) is 11.8. The van der Waals surface area contributed by atoms with E-state index in [1.54, 1.807) is 30.0 Å². The zero-order valence-electron chi connectivity index (χ0n) is 20.2. The fraction of sp³-hybridized carbons (Fsp3) is 0.400. The average molecular weight is 499 g/mol. The van der Waals surface area contributed by atoms with Crippen molar-refractivity contribution >= 4 is 26.8 Å². The van der Waals surface area contributed by atoms with E-state index in [9.17, 15) is 22.8 Å². The van der Waals surface area contributed by atoms with Crippen molar-refractivity contribution in [2.75, 3.05) is 26.2 Å². The molecule has 186 valence electrons. The predicted octanol–water partition coefficient (Wildman–Crippen LogP) is 2.37. The number of aromatic amines is 1. The highest BCUT2D eigenvalue weighted by Crippen LogP contribution is 2.23. The van der Waals surface area contributed by atoms with E-state index in [0.29, 0.717) is 22.4 Å². The standard InChI is InChI=1S/C25H30N4O5S/c1-4-17(3)18-6-9-20(10-7-18)35(33,34)28-14-12-27(13-15-28)23(30)19-8-11-21-22(16-19)26-25(32)29(5-2)24(21)31/h6-11,16-17H,4-5,12-15H2,1-3H3,(H,26,32). The largest absolute Gasteiger partial charge is 0.336 e. The summed E-state index contributed by atoms with van der Waals surface area (Å²) in [6, 6.07) is 11.6. The maximum Gasteiger partial charge on any atom is 0.328 e. The molecule has 1 fully saturated rings. The molecule has 1 amide bonds. The predicted molar refractivity (Wildman–Crippen MR) is 134 cm³/mol. The fourth-order valence-electron chi connectivity index (χ4n) is 4.34. The lowest BCUT2D eigenvalue weighted by atomic mass is 9.99. The molecule has 1 N–H and O–H groups in total. The zero-order valence-corrected chi connectivity index (χ0v) is 21.0. The number of nitrogens with one attached hydrogen (secondary N) is 1. The normalized spacial score (nSPS) is 15.9. The molecule has 1 aromatic heterocycles. The quantitative estimate of drug-likeness (QED) is 0.561.